The van der Waals surface area contributed by atoms with Crippen LogP contribution in [0.1, 0.15) is 22.8 Å². The quantitative estimate of drug-likeness (QED) is 0.801. The number of rotatable bonds is 6. The molecule has 0 bridgehead atoms. The number of hydrogen-bond acceptors (Lipinski definition) is 4. The van der Waals surface area contributed by atoms with E-state index in [4.69, 9.17) is 0 Å². The fourth-order valence-corrected chi connectivity index (χ4v) is 2.27. The molecule has 0 unspecified atom stereocenters. The summed E-state index contributed by atoms with van der Waals surface area (Å²) in [5.74, 6) is -0.370. The van der Waals surface area contributed by atoms with Crippen molar-refractivity contribution < 1.29 is 14.3 Å². The van der Waals surface area contributed by atoms with Gasteiger partial charge in [-0.25, -0.2) is 4.79 Å². The second-order valence-electron chi connectivity index (χ2n) is 4.42. The lowest BCUT2D eigenvalue weighted by Crippen LogP contribution is -2.34. The normalized spacial score (nSPS) is 10.4. The van der Waals surface area contributed by atoms with Gasteiger partial charge >= 0.3 is 5.97 Å². The molecule has 0 aliphatic carbocycles. The van der Waals surface area contributed by atoms with Crippen molar-refractivity contribution in [3.8, 4) is 0 Å². The third kappa shape index (κ3) is 4.94. The zero-order valence-electron chi connectivity index (χ0n) is 11.9. The molecule has 20 heavy (non-hydrogen) atoms. The Hall–Kier alpha value is -1.40. The van der Waals surface area contributed by atoms with Gasteiger partial charge in [0.05, 0.1) is 19.2 Å². The minimum Gasteiger partial charge on any atom is -0.465 e. The Balaban J connectivity index is 2.68. The Morgan fingerprint density at radius 1 is 1.40 bits per heavy atom. The number of nitrogens with one attached hydrogen (secondary N) is 1. The molecule has 0 atom stereocenters. The van der Waals surface area contributed by atoms with Crippen molar-refractivity contribution in [2.45, 2.75) is 13.5 Å². The van der Waals surface area contributed by atoms with Gasteiger partial charge in [0.15, 0.2) is 0 Å². The lowest BCUT2D eigenvalue weighted by molar-refractivity contribution is -0.121. The van der Waals surface area contributed by atoms with Crippen LogP contribution in [0.15, 0.2) is 22.7 Å². The lowest BCUT2D eigenvalue weighted by Gasteiger charge is -2.17. The average Bonchev–Trinajstić information content (AvgIpc) is 2.40. The molecule has 110 valence electrons. The second-order valence-corrected chi connectivity index (χ2v) is 5.28. The molecule has 0 saturated heterocycles. The van der Waals surface area contributed by atoms with Crippen LogP contribution in [-0.2, 0) is 16.1 Å². The van der Waals surface area contributed by atoms with Gasteiger partial charge in [-0.3, -0.25) is 9.69 Å². The standard InChI is InChI=1S/C14H19BrN2O3/c1-4-16-13(18)9-17(2)8-11-6-5-10(7-12(11)15)14(19)20-3/h5-7H,4,8-9H2,1-3H3,(H,16,18). The first-order valence-corrected chi connectivity index (χ1v) is 7.09. The molecule has 0 aromatic heterocycles. The third-order valence-electron chi connectivity index (χ3n) is 2.70. The number of benzene rings is 1. The van der Waals surface area contributed by atoms with Gasteiger partial charge in [-0.15, -0.1) is 0 Å². The Kier molecular flexibility index (Phi) is 6.67. The number of esters is 1. The van der Waals surface area contributed by atoms with Gasteiger partial charge in [0.1, 0.15) is 0 Å². The zero-order valence-corrected chi connectivity index (χ0v) is 13.5. The van der Waals surface area contributed by atoms with E-state index >= 15 is 0 Å². The summed E-state index contributed by atoms with van der Waals surface area (Å²) < 4.78 is 5.49. The molecule has 1 rings (SSSR count). The first kappa shape index (κ1) is 16.7. The highest BCUT2D eigenvalue weighted by Gasteiger charge is 2.11. The molecule has 0 fully saturated rings. The molecule has 1 aromatic rings. The smallest absolute Gasteiger partial charge is 0.337 e. The summed E-state index contributed by atoms with van der Waals surface area (Å²) in [6.45, 7) is 3.46. The van der Waals surface area contributed by atoms with Crippen molar-refractivity contribution in [3.05, 3.63) is 33.8 Å². The molecule has 6 heteroatoms. The van der Waals surface area contributed by atoms with Crippen LogP contribution >= 0.6 is 15.9 Å². The highest BCUT2D eigenvalue weighted by Crippen LogP contribution is 2.20. The number of amides is 1. The molecular weight excluding hydrogens is 324 g/mol. The predicted molar refractivity (Wildman–Crippen MR) is 80.5 cm³/mol. The van der Waals surface area contributed by atoms with E-state index in [1.807, 2.05) is 24.9 Å². The molecule has 1 aromatic carbocycles. The van der Waals surface area contributed by atoms with Gasteiger partial charge < -0.3 is 10.1 Å². The van der Waals surface area contributed by atoms with Crippen LogP contribution in [0.3, 0.4) is 0 Å². The minimum atomic E-state index is -0.368. The fraction of sp³-hybridized carbons (Fsp3) is 0.429. The summed E-state index contributed by atoms with van der Waals surface area (Å²) in [6.07, 6.45) is 0. The SMILES string of the molecule is CCNC(=O)CN(C)Cc1ccc(C(=O)OC)cc1Br. The maximum atomic E-state index is 11.5. The van der Waals surface area contributed by atoms with Crippen molar-refractivity contribution in [1.82, 2.24) is 10.2 Å². The molecular formula is C14H19BrN2O3. The fourth-order valence-electron chi connectivity index (χ4n) is 1.77. The van der Waals surface area contributed by atoms with Crippen LogP contribution in [0.2, 0.25) is 0 Å². The van der Waals surface area contributed by atoms with Crippen molar-refractivity contribution in [2.75, 3.05) is 27.2 Å². The number of likely N-dealkylation sites (N-methyl/N-ethyl adjacent to an activating group) is 2. The predicted octanol–water partition coefficient (Wildman–Crippen LogP) is 1.80. The van der Waals surface area contributed by atoms with E-state index in [2.05, 4.69) is 26.0 Å². The first-order valence-electron chi connectivity index (χ1n) is 6.30. The topological polar surface area (TPSA) is 58.6 Å². The summed E-state index contributed by atoms with van der Waals surface area (Å²) >= 11 is 3.44. The molecule has 1 amide bonds. The number of halogens is 1. The van der Waals surface area contributed by atoms with E-state index in [1.54, 1.807) is 12.1 Å². The maximum absolute atomic E-state index is 11.5. The van der Waals surface area contributed by atoms with Crippen molar-refractivity contribution >= 4 is 27.8 Å². The molecule has 0 spiro atoms. The monoisotopic (exact) mass is 342 g/mol. The van der Waals surface area contributed by atoms with Crippen LogP contribution in [-0.4, -0.2) is 44.0 Å². The van der Waals surface area contributed by atoms with E-state index < -0.39 is 0 Å². The van der Waals surface area contributed by atoms with E-state index in [9.17, 15) is 9.59 Å². The van der Waals surface area contributed by atoms with Gasteiger partial charge in [0, 0.05) is 17.6 Å². The van der Waals surface area contributed by atoms with Crippen LogP contribution in [0, 0.1) is 0 Å². The second kappa shape index (κ2) is 8.01. The molecule has 0 radical (unpaired) electrons. The Labute approximate surface area is 127 Å². The summed E-state index contributed by atoms with van der Waals surface area (Å²) in [4.78, 5) is 24.8. The van der Waals surface area contributed by atoms with Crippen molar-refractivity contribution in [2.24, 2.45) is 0 Å². The summed E-state index contributed by atoms with van der Waals surface area (Å²) in [5.41, 5.74) is 1.50. The molecule has 0 aliphatic heterocycles. The van der Waals surface area contributed by atoms with E-state index in [1.165, 1.54) is 7.11 Å². The number of nitrogens with zero attached hydrogens (tertiary/aromatic N) is 1. The summed E-state index contributed by atoms with van der Waals surface area (Å²) in [5, 5.41) is 2.75. The first-order chi connectivity index (χ1) is 9.47. The number of carbonyl (C=O) groups is 2. The summed E-state index contributed by atoms with van der Waals surface area (Å²) in [6, 6.07) is 5.29. The highest BCUT2D eigenvalue weighted by atomic mass is 79.9. The van der Waals surface area contributed by atoms with Crippen molar-refractivity contribution in [3.63, 3.8) is 0 Å². The molecule has 0 heterocycles. The van der Waals surface area contributed by atoms with Gasteiger partial charge in [-0.1, -0.05) is 22.0 Å². The molecule has 0 saturated carbocycles. The van der Waals surface area contributed by atoms with Crippen LogP contribution in [0.5, 0.6) is 0 Å². The highest BCUT2D eigenvalue weighted by molar-refractivity contribution is 9.10. The van der Waals surface area contributed by atoms with Gasteiger partial charge in [-0.05, 0) is 31.7 Å². The molecule has 0 aliphatic rings. The van der Waals surface area contributed by atoms with E-state index in [0.717, 1.165) is 10.0 Å². The van der Waals surface area contributed by atoms with E-state index in [0.29, 0.717) is 25.2 Å². The number of hydrogen-bond donors (Lipinski definition) is 1. The van der Waals surface area contributed by atoms with Gasteiger partial charge in [0.25, 0.3) is 0 Å². The molecule has 1 N–H and O–H groups in total. The van der Waals surface area contributed by atoms with E-state index in [-0.39, 0.29) is 11.9 Å². The largest absolute Gasteiger partial charge is 0.465 e. The number of carbonyl (C=O) groups excluding carboxylic acids is 2. The lowest BCUT2D eigenvalue weighted by atomic mass is 10.1. The number of ether oxygens (including phenoxy) is 1. The maximum Gasteiger partial charge on any atom is 0.337 e. The zero-order chi connectivity index (χ0) is 15.1. The van der Waals surface area contributed by atoms with Gasteiger partial charge in [0.2, 0.25) is 5.91 Å². The summed E-state index contributed by atoms with van der Waals surface area (Å²) in [7, 11) is 3.22. The number of methoxy groups -OCH3 is 1. The van der Waals surface area contributed by atoms with Crippen LogP contribution in [0.4, 0.5) is 0 Å². The minimum absolute atomic E-state index is 0.00250. The average molecular weight is 343 g/mol. The molecule has 5 nitrogen and oxygen atoms in total. The van der Waals surface area contributed by atoms with Crippen molar-refractivity contribution in [1.29, 1.82) is 0 Å². The van der Waals surface area contributed by atoms with Crippen LogP contribution in [0.25, 0.3) is 0 Å². The Bertz CT molecular complexity index is 491. The van der Waals surface area contributed by atoms with Gasteiger partial charge in [-0.2, -0.15) is 0 Å². The van der Waals surface area contributed by atoms with Crippen LogP contribution < -0.4 is 5.32 Å². The Morgan fingerprint density at radius 3 is 2.65 bits per heavy atom. The Morgan fingerprint density at radius 2 is 2.10 bits per heavy atom. The third-order valence-corrected chi connectivity index (χ3v) is 3.44.